The van der Waals surface area contributed by atoms with Crippen molar-refractivity contribution in [1.82, 2.24) is 9.88 Å². The predicted molar refractivity (Wildman–Crippen MR) is 122 cm³/mol. The summed E-state index contributed by atoms with van der Waals surface area (Å²) in [5.74, 6) is 0.0871. The molecule has 3 N–H and O–H groups in total. The normalized spacial score (nSPS) is 21.6. The van der Waals surface area contributed by atoms with Crippen molar-refractivity contribution in [3.8, 4) is 5.75 Å². The van der Waals surface area contributed by atoms with Gasteiger partial charge in [-0.25, -0.2) is 0 Å². The van der Waals surface area contributed by atoms with Gasteiger partial charge in [0.1, 0.15) is 17.0 Å². The summed E-state index contributed by atoms with van der Waals surface area (Å²) in [6.45, 7) is 2.12. The predicted octanol–water partition coefficient (Wildman–Crippen LogP) is 3.69. The van der Waals surface area contributed by atoms with Crippen LogP contribution in [0.5, 0.6) is 5.75 Å². The van der Waals surface area contributed by atoms with Crippen molar-refractivity contribution < 1.29 is 18.7 Å². The summed E-state index contributed by atoms with van der Waals surface area (Å²) >= 11 is 0. The number of aromatic nitrogens is 1. The number of hydrogen-bond donors (Lipinski definition) is 2. The fourth-order valence-electron chi connectivity index (χ4n) is 5.07. The number of fused-ring (bicyclic) bond motifs is 3. The van der Waals surface area contributed by atoms with E-state index in [1.54, 1.807) is 42.5 Å². The smallest absolute Gasteiger partial charge is 0.276 e. The van der Waals surface area contributed by atoms with Crippen LogP contribution in [0.4, 0.5) is 11.4 Å². The van der Waals surface area contributed by atoms with Gasteiger partial charge >= 0.3 is 0 Å². The van der Waals surface area contributed by atoms with E-state index in [0.29, 0.717) is 34.9 Å². The summed E-state index contributed by atoms with van der Waals surface area (Å²) in [4.78, 5) is 29.1. The van der Waals surface area contributed by atoms with Crippen LogP contribution in [0.3, 0.4) is 0 Å². The molecule has 0 spiro atoms. The molecule has 1 atom stereocenters. The Kier molecular flexibility index (Phi) is 4.87. The lowest BCUT2D eigenvalue weighted by Crippen LogP contribution is -2.65. The number of carbonyl (C=O) groups is 2. The molecule has 5 rings (SSSR count). The zero-order valence-electron chi connectivity index (χ0n) is 18.4. The molecule has 2 amide bonds. The molecule has 1 aromatic carbocycles. The van der Waals surface area contributed by atoms with Gasteiger partial charge in [-0.1, -0.05) is 19.3 Å². The average molecular weight is 437 g/mol. The molecule has 2 aliphatic rings. The first kappa shape index (κ1) is 20.5. The summed E-state index contributed by atoms with van der Waals surface area (Å²) < 4.78 is 12.7. The highest BCUT2D eigenvalue weighted by molar-refractivity contribution is 6.13. The number of amides is 2. The number of nitrogens with zero attached hydrogens (tertiary/aromatic N) is 2. The monoisotopic (exact) mass is 436 g/mol. The molecule has 1 unspecified atom stereocenters. The minimum absolute atomic E-state index is 0.131. The third-order valence-corrected chi connectivity index (χ3v) is 6.81. The van der Waals surface area contributed by atoms with Gasteiger partial charge < -0.3 is 24.8 Å². The zero-order valence-corrected chi connectivity index (χ0v) is 18.4. The van der Waals surface area contributed by atoms with Crippen LogP contribution in [-0.2, 0) is 11.3 Å². The number of hydrogen-bond acceptors (Lipinski definition) is 5. The van der Waals surface area contributed by atoms with Gasteiger partial charge in [0.25, 0.3) is 5.91 Å². The number of ether oxygens (including phenoxy) is 1. The molecule has 1 saturated carbocycles. The molecule has 168 valence electrons. The minimum atomic E-state index is -1.15. The Balaban J connectivity index is 1.60. The summed E-state index contributed by atoms with van der Waals surface area (Å²) in [5, 5.41) is 3.23. The second-order valence-electron chi connectivity index (χ2n) is 8.93. The largest absolute Gasteiger partial charge is 0.495 e. The summed E-state index contributed by atoms with van der Waals surface area (Å²) in [5.41, 5.74) is 7.88. The summed E-state index contributed by atoms with van der Waals surface area (Å²) in [6.07, 6.45) is 6.94. The van der Waals surface area contributed by atoms with Gasteiger partial charge in [-0.15, -0.1) is 0 Å². The SMILES string of the molecule is COc1ccc(N2C(=O)c3cc4occc4n3CC2(C)C(=O)NC2CCCCC2)cc1N. The molecule has 0 radical (unpaired) electrons. The van der Waals surface area contributed by atoms with Crippen LogP contribution in [0, 0.1) is 0 Å². The van der Waals surface area contributed by atoms with E-state index in [1.807, 2.05) is 17.6 Å². The molecule has 2 aromatic heterocycles. The Morgan fingerprint density at radius 1 is 1.22 bits per heavy atom. The Morgan fingerprint density at radius 3 is 2.72 bits per heavy atom. The summed E-state index contributed by atoms with van der Waals surface area (Å²) in [7, 11) is 1.54. The number of anilines is 2. The van der Waals surface area contributed by atoms with E-state index in [-0.39, 0.29) is 17.9 Å². The van der Waals surface area contributed by atoms with E-state index in [4.69, 9.17) is 14.9 Å². The van der Waals surface area contributed by atoms with Crippen molar-refractivity contribution >= 4 is 34.3 Å². The van der Waals surface area contributed by atoms with Gasteiger partial charge in [0.05, 0.1) is 31.1 Å². The molecule has 1 aliphatic heterocycles. The number of benzene rings is 1. The van der Waals surface area contributed by atoms with Crippen molar-refractivity contribution in [1.29, 1.82) is 0 Å². The number of nitrogens with two attached hydrogens (primary N) is 1. The lowest BCUT2D eigenvalue weighted by Gasteiger charge is -2.44. The first-order chi connectivity index (χ1) is 15.4. The minimum Gasteiger partial charge on any atom is -0.495 e. The maximum Gasteiger partial charge on any atom is 0.276 e. The number of carbonyl (C=O) groups excluding carboxylic acids is 2. The van der Waals surface area contributed by atoms with Crippen molar-refractivity contribution in [3.63, 3.8) is 0 Å². The van der Waals surface area contributed by atoms with Crippen LogP contribution in [0.25, 0.3) is 11.1 Å². The zero-order chi connectivity index (χ0) is 22.5. The van der Waals surface area contributed by atoms with Crippen molar-refractivity contribution in [2.24, 2.45) is 0 Å². The molecule has 32 heavy (non-hydrogen) atoms. The van der Waals surface area contributed by atoms with Crippen LogP contribution in [-0.4, -0.2) is 35.1 Å². The number of furan rings is 1. The Morgan fingerprint density at radius 2 is 2.00 bits per heavy atom. The van der Waals surface area contributed by atoms with Crippen molar-refractivity contribution in [3.05, 3.63) is 42.3 Å². The average Bonchev–Trinajstić information content (AvgIpc) is 3.37. The first-order valence-corrected chi connectivity index (χ1v) is 11.1. The van der Waals surface area contributed by atoms with E-state index in [2.05, 4.69) is 5.32 Å². The molecule has 1 fully saturated rings. The van der Waals surface area contributed by atoms with E-state index >= 15 is 0 Å². The van der Waals surface area contributed by atoms with Crippen LogP contribution in [0.1, 0.15) is 49.5 Å². The van der Waals surface area contributed by atoms with Crippen molar-refractivity contribution in [2.45, 2.75) is 57.2 Å². The van der Waals surface area contributed by atoms with Gasteiger partial charge in [0.2, 0.25) is 5.91 Å². The molecule has 3 heterocycles. The maximum absolute atomic E-state index is 13.8. The molecule has 8 nitrogen and oxygen atoms in total. The van der Waals surface area contributed by atoms with Gasteiger partial charge in [0.15, 0.2) is 5.58 Å². The van der Waals surface area contributed by atoms with E-state index in [9.17, 15) is 9.59 Å². The van der Waals surface area contributed by atoms with E-state index in [1.165, 1.54) is 6.42 Å². The topological polar surface area (TPSA) is 103 Å². The van der Waals surface area contributed by atoms with Gasteiger partial charge in [-0.3, -0.25) is 14.5 Å². The fraction of sp³-hybridized carbons (Fsp3) is 0.417. The van der Waals surface area contributed by atoms with E-state index in [0.717, 1.165) is 31.2 Å². The van der Waals surface area contributed by atoms with Crippen LogP contribution < -0.4 is 20.7 Å². The van der Waals surface area contributed by atoms with Gasteiger partial charge in [-0.2, -0.15) is 0 Å². The van der Waals surface area contributed by atoms with E-state index < -0.39 is 5.54 Å². The van der Waals surface area contributed by atoms with Crippen LogP contribution in [0.15, 0.2) is 41.0 Å². The second-order valence-corrected chi connectivity index (χ2v) is 8.93. The van der Waals surface area contributed by atoms with Gasteiger partial charge in [0, 0.05) is 23.9 Å². The third kappa shape index (κ3) is 3.13. The molecule has 3 aromatic rings. The highest BCUT2D eigenvalue weighted by atomic mass is 16.5. The summed E-state index contributed by atoms with van der Waals surface area (Å²) in [6, 6.07) is 8.86. The maximum atomic E-state index is 13.8. The van der Waals surface area contributed by atoms with Crippen molar-refractivity contribution in [2.75, 3.05) is 17.7 Å². The molecular weight excluding hydrogens is 408 g/mol. The van der Waals surface area contributed by atoms with Crippen LogP contribution >= 0.6 is 0 Å². The standard InChI is InChI=1S/C24H28N4O4/c1-24(23(30)26-15-6-4-3-5-7-15)14-27-18-10-11-32-21(18)13-19(27)22(29)28(24)16-8-9-20(31-2)17(25)12-16/h8-13,15H,3-7,14,25H2,1-2H3,(H,26,30). The first-order valence-electron chi connectivity index (χ1n) is 11.1. The number of nitrogen functional groups attached to an aromatic ring is 1. The molecule has 8 heteroatoms. The number of rotatable bonds is 4. The lowest BCUT2D eigenvalue weighted by molar-refractivity contribution is -0.127. The highest BCUT2D eigenvalue weighted by Crippen LogP contribution is 2.38. The fourth-order valence-corrected chi connectivity index (χ4v) is 5.07. The molecule has 1 aliphatic carbocycles. The quantitative estimate of drug-likeness (QED) is 0.607. The molecule has 0 saturated heterocycles. The Hall–Kier alpha value is -3.42. The number of nitrogens with one attached hydrogen (secondary N) is 1. The Labute approximate surface area is 186 Å². The van der Waals surface area contributed by atoms with Gasteiger partial charge in [-0.05, 0) is 38.0 Å². The Bertz CT molecular complexity index is 1190. The lowest BCUT2D eigenvalue weighted by atomic mass is 9.91. The third-order valence-electron chi connectivity index (χ3n) is 6.81. The molecular formula is C24H28N4O4. The molecule has 0 bridgehead atoms. The second kappa shape index (κ2) is 7.62. The van der Waals surface area contributed by atoms with Crippen LogP contribution in [0.2, 0.25) is 0 Å². The highest BCUT2D eigenvalue weighted by Gasteiger charge is 2.49. The number of methoxy groups -OCH3 is 1.